The quantitative estimate of drug-likeness (QED) is 0.738. The minimum Gasteiger partial charge on any atom is -0.491 e. The molecule has 4 rings (SSSR count). The summed E-state index contributed by atoms with van der Waals surface area (Å²) in [7, 11) is 2.06. The van der Waals surface area contributed by atoms with Crippen molar-refractivity contribution in [3.63, 3.8) is 0 Å². The molecule has 1 aliphatic heterocycles. The van der Waals surface area contributed by atoms with Crippen LogP contribution in [0.1, 0.15) is 24.3 Å². The van der Waals surface area contributed by atoms with Gasteiger partial charge in [0.2, 0.25) is 0 Å². The van der Waals surface area contributed by atoms with Crippen LogP contribution in [0.25, 0.3) is 16.7 Å². The van der Waals surface area contributed by atoms with Crippen LogP contribution in [-0.2, 0) is 0 Å². The lowest BCUT2D eigenvalue weighted by Crippen LogP contribution is -2.47. The van der Waals surface area contributed by atoms with Gasteiger partial charge in [-0.05, 0) is 57.3 Å². The van der Waals surface area contributed by atoms with Crippen LogP contribution in [0.3, 0.4) is 0 Å². The van der Waals surface area contributed by atoms with Gasteiger partial charge < -0.3 is 19.5 Å². The molecule has 2 aromatic heterocycles. The average molecular weight is 394 g/mol. The number of amides is 1. The Kier molecular flexibility index (Phi) is 5.15. The first-order chi connectivity index (χ1) is 13.9. The monoisotopic (exact) mass is 394 g/mol. The molecule has 0 bridgehead atoms. The number of fused-ring (bicyclic) bond motifs is 1. The van der Waals surface area contributed by atoms with Crippen LogP contribution >= 0.6 is 0 Å². The molecular weight excluding hydrogens is 368 g/mol. The summed E-state index contributed by atoms with van der Waals surface area (Å²) in [5.74, 6) is 0.718. The van der Waals surface area contributed by atoms with E-state index in [9.17, 15) is 9.59 Å². The molecule has 0 aliphatic carbocycles. The maximum atomic E-state index is 12.9. The van der Waals surface area contributed by atoms with Gasteiger partial charge in [0.05, 0.1) is 11.8 Å². The van der Waals surface area contributed by atoms with E-state index in [0.717, 1.165) is 29.9 Å². The van der Waals surface area contributed by atoms with Gasteiger partial charge >= 0.3 is 0 Å². The maximum Gasteiger partial charge on any atom is 0.270 e. The zero-order valence-electron chi connectivity index (χ0n) is 17.0. The first kappa shape index (κ1) is 19.3. The Bertz CT molecular complexity index is 1070. The molecule has 7 nitrogen and oxygen atoms in total. The highest BCUT2D eigenvalue weighted by Crippen LogP contribution is 2.21. The van der Waals surface area contributed by atoms with Gasteiger partial charge in [0, 0.05) is 37.6 Å². The van der Waals surface area contributed by atoms with Crippen LogP contribution in [-0.4, -0.2) is 64.6 Å². The Balaban J connectivity index is 1.69. The van der Waals surface area contributed by atoms with Gasteiger partial charge in [-0.3, -0.25) is 14.2 Å². The van der Waals surface area contributed by atoms with E-state index in [4.69, 9.17) is 4.74 Å². The molecule has 1 aromatic carbocycles. The number of nitrogens with one attached hydrogen (secondary N) is 1. The van der Waals surface area contributed by atoms with Gasteiger partial charge in [0.1, 0.15) is 17.1 Å². The summed E-state index contributed by atoms with van der Waals surface area (Å²) in [5, 5.41) is 0.824. The van der Waals surface area contributed by atoms with Gasteiger partial charge in [-0.1, -0.05) is 0 Å². The largest absolute Gasteiger partial charge is 0.491 e. The molecule has 0 unspecified atom stereocenters. The number of likely N-dealkylation sites (N-methyl/N-ethyl adjacent to an activating group) is 1. The lowest BCUT2D eigenvalue weighted by molar-refractivity contribution is 0.0659. The molecule has 0 radical (unpaired) electrons. The number of pyridine rings is 1. The predicted molar refractivity (Wildman–Crippen MR) is 113 cm³/mol. The molecule has 0 saturated carbocycles. The van der Waals surface area contributed by atoms with Crippen molar-refractivity contribution in [3.05, 3.63) is 58.5 Å². The Labute approximate surface area is 169 Å². The molecule has 3 heterocycles. The second kappa shape index (κ2) is 7.75. The molecule has 1 fully saturated rings. The van der Waals surface area contributed by atoms with E-state index < -0.39 is 0 Å². The third-order valence-corrected chi connectivity index (χ3v) is 5.16. The van der Waals surface area contributed by atoms with E-state index in [1.807, 2.05) is 49.1 Å². The van der Waals surface area contributed by atoms with Gasteiger partial charge in [0.15, 0.2) is 0 Å². The van der Waals surface area contributed by atoms with Crippen molar-refractivity contribution in [2.24, 2.45) is 0 Å². The number of hydrogen-bond donors (Lipinski definition) is 1. The third-order valence-electron chi connectivity index (χ3n) is 5.16. The summed E-state index contributed by atoms with van der Waals surface area (Å²) in [5.41, 5.74) is 1.68. The Morgan fingerprint density at radius 3 is 2.38 bits per heavy atom. The summed E-state index contributed by atoms with van der Waals surface area (Å²) in [6, 6.07) is 12.5. The number of rotatable bonds is 4. The van der Waals surface area contributed by atoms with Crippen molar-refractivity contribution in [2.45, 2.75) is 20.0 Å². The van der Waals surface area contributed by atoms with E-state index in [0.29, 0.717) is 24.4 Å². The molecule has 3 aromatic rings. The molecule has 29 heavy (non-hydrogen) atoms. The summed E-state index contributed by atoms with van der Waals surface area (Å²) >= 11 is 0. The van der Waals surface area contributed by atoms with Gasteiger partial charge in [0.25, 0.3) is 11.5 Å². The van der Waals surface area contributed by atoms with Crippen LogP contribution in [0.15, 0.2) is 47.3 Å². The highest BCUT2D eigenvalue weighted by atomic mass is 16.5. The lowest BCUT2D eigenvalue weighted by atomic mass is 10.2. The van der Waals surface area contributed by atoms with E-state index in [-0.39, 0.29) is 17.6 Å². The van der Waals surface area contributed by atoms with Gasteiger partial charge in [-0.2, -0.15) is 0 Å². The number of carbonyl (C=O) groups excluding carboxylic acids is 1. The number of H-pyrrole nitrogens is 1. The molecule has 7 heteroatoms. The number of piperazine rings is 1. The molecule has 1 saturated heterocycles. The zero-order chi connectivity index (χ0) is 20.5. The number of hydrogen-bond acceptors (Lipinski definition) is 4. The number of aromatic amines is 1. The minimum atomic E-state index is -0.157. The SMILES string of the molecule is CC(C)Oc1ccc(-n2c(=O)ccc3cc(C(=O)N4CCN(C)CC4)[nH]c32)cc1. The van der Waals surface area contributed by atoms with Crippen molar-refractivity contribution in [2.75, 3.05) is 33.2 Å². The Hall–Kier alpha value is -3.06. The summed E-state index contributed by atoms with van der Waals surface area (Å²) < 4.78 is 7.28. The fraction of sp³-hybridized carbons (Fsp3) is 0.364. The van der Waals surface area contributed by atoms with Crippen LogP contribution in [0.2, 0.25) is 0 Å². The standard InChI is InChI=1S/C22H26N4O3/c1-15(2)29-18-7-5-17(6-8-18)26-20(27)9-4-16-14-19(23-21(16)26)22(28)25-12-10-24(3)11-13-25/h4-9,14-15,23H,10-13H2,1-3H3. The Morgan fingerprint density at radius 1 is 1.03 bits per heavy atom. The predicted octanol–water partition coefficient (Wildman–Crippen LogP) is 2.49. The normalized spacial score (nSPS) is 15.2. The van der Waals surface area contributed by atoms with E-state index in [1.165, 1.54) is 6.07 Å². The first-order valence-electron chi connectivity index (χ1n) is 9.92. The van der Waals surface area contributed by atoms with E-state index in [1.54, 1.807) is 10.6 Å². The van der Waals surface area contributed by atoms with Crippen LogP contribution < -0.4 is 10.3 Å². The van der Waals surface area contributed by atoms with Crippen LogP contribution in [0, 0.1) is 0 Å². The number of carbonyl (C=O) groups is 1. The highest BCUT2D eigenvalue weighted by molar-refractivity contribution is 5.97. The van der Waals surface area contributed by atoms with Crippen molar-refractivity contribution in [3.8, 4) is 11.4 Å². The number of aromatic nitrogens is 2. The Morgan fingerprint density at radius 2 is 1.72 bits per heavy atom. The number of benzene rings is 1. The smallest absolute Gasteiger partial charge is 0.270 e. The van der Waals surface area contributed by atoms with Crippen LogP contribution in [0.5, 0.6) is 5.75 Å². The van der Waals surface area contributed by atoms with Gasteiger partial charge in [-0.25, -0.2) is 0 Å². The average Bonchev–Trinajstić information content (AvgIpc) is 3.12. The van der Waals surface area contributed by atoms with Crippen molar-refractivity contribution in [1.29, 1.82) is 0 Å². The van der Waals surface area contributed by atoms with Crippen molar-refractivity contribution in [1.82, 2.24) is 19.4 Å². The molecular formula is C22H26N4O3. The minimum absolute atomic E-state index is 0.0334. The van der Waals surface area contributed by atoms with E-state index >= 15 is 0 Å². The summed E-state index contributed by atoms with van der Waals surface area (Å²) in [6.45, 7) is 7.07. The van der Waals surface area contributed by atoms with Crippen molar-refractivity contribution < 1.29 is 9.53 Å². The van der Waals surface area contributed by atoms with Gasteiger partial charge in [-0.15, -0.1) is 0 Å². The molecule has 1 amide bonds. The topological polar surface area (TPSA) is 70.6 Å². The maximum absolute atomic E-state index is 12.9. The second-order valence-corrected chi connectivity index (χ2v) is 7.75. The zero-order valence-corrected chi connectivity index (χ0v) is 17.0. The molecule has 0 spiro atoms. The number of nitrogens with zero attached hydrogens (tertiary/aromatic N) is 3. The fourth-order valence-electron chi connectivity index (χ4n) is 3.61. The highest BCUT2D eigenvalue weighted by Gasteiger charge is 2.22. The molecule has 152 valence electrons. The molecule has 0 atom stereocenters. The fourth-order valence-corrected chi connectivity index (χ4v) is 3.61. The number of ether oxygens (including phenoxy) is 1. The lowest BCUT2D eigenvalue weighted by Gasteiger charge is -2.32. The summed E-state index contributed by atoms with van der Waals surface area (Å²) in [4.78, 5) is 32.8. The second-order valence-electron chi connectivity index (χ2n) is 7.75. The third kappa shape index (κ3) is 3.91. The van der Waals surface area contributed by atoms with Crippen LogP contribution in [0.4, 0.5) is 0 Å². The summed E-state index contributed by atoms with van der Waals surface area (Å²) in [6.07, 6.45) is 0.0820. The van der Waals surface area contributed by atoms with E-state index in [2.05, 4.69) is 16.9 Å². The van der Waals surface area contributed by atoms with Crippen molar-refractivity contribution >= 4 is 16.9 Å². The first-order valence-corrected chi connectivity index (χ1v) is 9.92. The molecule has 1 aliphatic rings. The molecule has 1 N–H and O–H groups in total.